The van der Waals surface area contributed by atoms with Crippen molar-refractivity contribution in [1.82, 2.24) is 5.32 Å². The largest absolute Gasteiger partial charge is 0.387 e. The standard InChI is InChI=1S/C12H17FN2O2/c1-8(6-14)12(17)15-7-11(16)9-2-4-10(13)5-3-9/h2-5,8,11,16H,6-7,14H2,1H3,(H,15,17). The normalized spacial score (nSPS) is 14.1. The van der Waals surface area contributed by atoms with E-state index in [2.05, 4.69) is 5.32 Å². The monoisotopic (exact) mass is 240 g/mol. The highest BCUT2D eigenvalue weighted by Crippen LogP contribution is 2.12. The number of hydrogen-bond acceptors (Lipinski definition) is 3. The lowest BCUT2D eigenvalue weighted by Gasteiger charge is -2.14. The zero-order valence-electron chi connectivity index (χ0n) is 9.69. The van der Waals surface area contributed by atoms with Crippen LogP contribution in [0.4, 0.5) is 4.39 Å². The van der Waals surface area contributed by atoms with Gasteiger partial charge >= 0.3 is 0 Å². The number of nitrogens with one attached hydrogen (secondary N) is 1. The highest BCUT2D eigenvalue weighted by molar-refractivity contribution is 5.78. The summed E-state index contributed by atoms with van der Waals surface area (Å²) < 4.78 is 12.7. The second kappa shape index (κ2) is 6.32. The Labute approximate surface area is 99.6 Å². The summed E-state index contributed by atoms with van der Waals surface area (Å²) in [7, 11) is 0. The Kier molecular flexibility index (Phi) is 5.06. The SMILES string of the molecule is CC(CN)C(=O)NCC(O)c1ccc(F)cc1. The van der Waals surface area contributed by atoms with Crippen molar-refractivity contribution in [3.8, 4) is 0 Å². The second-order valence-corrected chi connectivity index (χ2v) is 3.95. The average Bonchev–Trinajstić information content (AvgIpc) is 2.35. The second-order valence-electron chi connectivity index (χ2n) is 3.95. The third-order valence-corrected chi connectivity index (χ3v) is 2.53. The molecule has 1 aromatic carbocycles. The molecule has 0 aliphatic carbocycles. The fourth-order valence-corrected chi connectivity index (χ4v) is 1.28. The van der Waals surface area contributed by atoms with Crippen molar-refractivity contribution in [3.63, 3.8) is 0 Å². The Morgan fingerprint density at radius 1 is 1.47 bits per heavy atom. The van der Waals surface area contributed by atoms with Crippen LogP contribution in [0, 0.1) is 11.7 Å². The van der Waals surface area contributed by atoms with Crippen LogP contribution in [0.15, 0.2) is 24.3 Å². The van der Waals surface area contributed by atoms with Crippen LogP contribution in [0.25, 0.3) is 0 Å². The molecule has 2 atom stereocenters. The van der Waals surface area contributed by atoms with Crippen LogP contribution in [0.3, 0.4) is 0 Å². The van der Waals surface area contributed by atoms with E-state index in [-0.39, 0.29) is 30.7 Å². The Bertz CT molecular complexity index is 367. The summed E-state index contributed by atoms with van der Waals surface area (Å²) in [5, 5.41) is 12.3. The van der Waals surface area contributed by atoms with E-state index in [0.29, 0.717) is 5.56 Å². The highest BCUT2D eigenvalue weighted by atomic mass is 19.1. The van der Waals surface area contributed by atoms with Crippen molar-refractivity contribution in [2.45, 2.75) is 13.0 Å². The quantitative estimate of drug-likeness (QED) is 0.704. The number of carbonyl (C=O) groups excluding carboxylic acids is 1. The molecule has 0 aromatic heterocycles. The number of amides is 1. The van der Waals surface area contributed by atoms with Crippen LogP contribution in [-0.2, 0) is 4.79 Å². The molecular weight excluding hydrogens is 223 g/mol. The maximum Gasteiger partial charge on any atom is 0.224 e. The Morgan fingerprint density at radius 2 is 2.06 bits per heavy atom. The molecule has 5 heteroatoms. The molecule has 1 aromatic rings. The lowest BCUT2D eigenvalue weighted by molar-refractivity contribution is -0.124. The number of halogens is 1. The number of carbonyl (C=O) groups is 1. The molecule has 4 nitrogen and oxygen atoms in total. The van der Waals surface area contributed by atoms with Gasteiger partial charge in [-0.05, 0) is 17.7 Å². The van der Waals surface area contributed by atoms with Gasteiger partial charge in [0.05, 0.1) is 6.10 Å². The summed E-state index contributed by atoms with van der Waals surface area (Å²) >= 11 is 0. The Hall–Kier alpha value is -1.46. The number of aliphatic hydroxyl groups excluding tert-OH is 1. The molecule has 0 heterocycles. The van der Waals surface area contributed by atoms with Gasteiger partial charge in [0.25, 0.3) is 0 Å². The lowest BCUT2D eigenvalue weighted by Crippen LogP contribution is -2.35. The minimum Gasteiger partial charge on any atom is -0.387 e. The molecular formula is C12H17FN2O2. The van der Waals surface area contributed by atoms with E-state index in [1.54, 1.807) is 6.92 Å². The summed E-state index contributed by atoms with van der Waals surface area (Å²) in [6.45, 7) is 2.06. The van der Waals surface area contributed by atoms with Gasteiger partial charge in [-0.3, -0.25) is 4.79 Å². The molecule has 0 fully saturated rings. The zero-order chi connectivity index (χ0) is 12.8. The summed E-state index contributed by atoms with van der Waals surface area (Å²) in [6, 6.07) is 5.50. The maximum absolute atomic E-state index is 12.7. The predicted octanol–water partition coefficient (Wildman–Crippen LogP) is 0.570. The summed E-state index contributed by atoms with van der Waals surface area (Å²) in [6.07, 6.45) is -0.843. The fourth-order valence-electron chi connectivity index (χ4n) is 1.28. The topological polar surface area (TPSA) is 75.4 Å². The number of aliphatic hydroxyl groups is 1. The van der Waals surface area contributed by atoms with Gasteiger partial charge in [0.15, 0.2) is 0 Å². The molecule has 4 N–H and O–H groups in total. The molecule has 0 saturated heterocycles. The third-order valence-electron chi connectivity index (χ3n) is 2.53. The van der Waals surface area contributed by atoms with Gasteiger partial charge in [-0.15, -0.1) is 0 Å². The number of hydrogen-bond donors (Lipinski definition) is 3. The van der Waals surface area contributed by atoms with E-state index >= 15 is 0 Å². The summed E-state index contributed by atoms with van der Waals surface area (Å²) in [5.41, 5.74) is 5.90. The van der Waals surface area contributed by atoms with E-state index in [9.17, 15) is 14.3 Å². The average molecular weight is 240 g/mol. The molecule has 2 unspecified atom stereocenters. The first-order valence-electron chi connectivity index (χ1n) is 5.46. The molecule has 0 radical (unpaired) electrons. The first kappa shape index (κ1) is 13.6. The summed E-state index contributed by atoms with van der Waals surface area (Å²) in [5.74, 6) is -0.842. The molecule has 1 rings (SSSR count). The molecule has 94 valence electrons. The predicted molar refractivity (Wildman–Crippen MR) is 62.6 cm³/mol. The van der Waals surface area contributed by atoms with Gasteiger partial charge in [0.1, 0.15) is 5.82 Å². The molecule has 0 aliphatic rings. The Morgan fingerprint density at radius 3 is 2.59 bits per heavy atom. The van der Waals surface area contributed by atoms with Gasteiger partial charge in [-0.2, -0.15) is 0 Å². The minimum absolute atomic E-state index is 0.0921. The van der Waals surface area contributed by atoms with Gasteiger partial charge in [0.2, 0.25) is 5.91 Å². The summed E-state index contributed by atoms with van der Waals surface area (Å²) in [4.78, 5) is 11.4. The number of nitrogens with two attached hydrogens (primary N) is 1. The van der Waals surface area contributed by atoms with E-state index in [0.717, 1.165) is 0 Å². The van der Waals surface area contributed by atoms with Crippen LogP contribution in [0.2, 0.25) is 0 Å². The molecule has 0 bridgehead atoms. The first-order chi connectivity index (χ1) is 8.04. The molecule has 0 spiro atoms. The van der Waals surface area contributed by atoms with Crippen molar-refractivity contribution < 1.29 is 14.3 Å². The van der Waals surface area contributed by atoms with E-state index in [4.69, 9.17) is 5.73 Å². The van der Waals surface area contributed by atoms with Crippen LogP contribution < -0.4 is 11.1 Å². The van der Waals surface area contributed by atoms with Crippen LogP contribution in [0.1, 0.15) is 18.6 Å². The first-order valence-corrected chi connectivity index (χ1v) is 5.46. The van der Waals surface area contributed by atoms with Crippen LogP contribution in [-0.4, -0.2) is 24.1 Å². The lowest BCUT2D eigenvalue weighted by atomic mass is 10.1. The maximum atomic E-state index is 12.7. The smallest absolute Gasteiger partial charge is 0.224 e. The minimum atomic E-state index is -0.843. The highest BCUT2D eigenvalue weighted by Gasteiger charge is 2.13. The molecule has 0 saturated carbocycles. The van der Waals surface area contributed by atoms with Crippen LogP contribution in [0.5, 0.6) is 0 Å². The van der Waals surface area contributed by atoms with Crippen LogP contribution >= 0.6 is 0 Å². The Balaban J connectivity index is 2.47. The number of benzene rings is 1. The van der Waals surface area contributed by atoms with Gasteiger partial charge in [-0.1, -0.05) is 19.1 Å². The fraction of sp³-hybridized carbons (Fsp3) is 0.417. The third kappa shape index (κ3) is 4.13. The molecule has 17 heavy (non-hydrogen) atoms. The van der Waals surface area contributed by atoms with Crippen molar-refractivity contribution in [1.29, 1.82) is 0 Å². The zero-order valence-corrected chi connectivity index (χ0v) is 9.69. The van der Waals surface area contributed by atoms with E-state index in [1.807, 2.05) is 0 Å². The van der Waals surface area contributed by atoms with Gasteiger partial charge < -0.3 is 16.2 Å². The molecule has 1 amide bonds. The van der Waals surface area contributed by atoms with Crippen molar-refractivity contribution in [2.24, 2.45) is 11.7 Å². The van der Waals surface area contributed by atoms with Gasteiger partial charge in [-0.25, -0.2) is 4.39 Å². The molecule has 0 aliphatic heterocycles. The van der Waals surface area contributed by atoms with Gasteiger partial charge in [0, 0.05) is 19.0 Å². The van der Waals surface area contributed by atoms with Crippen molar-refractivity contribution in [2.75, 3.05) is 13.1 Å². The van der Waals surface area contributed by atoms with E-state index < -0.39 is 6.10 Å². The van der Waals surface area contributed by atoms with Crippen molar-refractivity contribution in [3.05, 3.63) is 35.6 Å². The number of rotatable bonds is 5. The van der Waals surface area contributed by atoms with Crippen molar-refractivity contribution >= 4 is 5.91 Å². The van der Waals surface area contributed by atoms with E-state index in [1.165, 1.54) is 24.3 Å².